The van der Waals surface area contributed by atoms with Crippen LogP contribution >= 0.6 is 0 Å². The average Bonchev–Trinajstić information content (AvgIpc) is 3.04. The molecule has 0 aromatic heterocycles. The number of allylic oxidation sites excluding steroid dienone is 1. The lowest BCUT2D eigenvalue weighted by Crippen LogP contribution is -2.36. The van der Waals surface area contributed by atoms with E-state index in [0.29, 0.717) is 5.92 Å². The van der Waals surface area contributed by atoms with Crippen molar-refractivity contribution in [3.63, 3.8) is 0 Å². The van der Waals surface area contributed by atoms with E-state index in [1.54, 1.807) is 0 Å². The third-order valence-electron chi connectivity index (χ3n) is 3.49. The summed E-state index contributed by atoms with van der Waals surface area (Å²) in [5, 5.41) is 0. The van der Waals surface area contributed by atoms with Crippen LogP contribution in [0.4, 0.5) is 0 Å². The van der Waals surface area contributed by atoms with Gasteiger partial charge >= 0.3 is 5.97 Å². The summed E-state index contributed by atoms with van der Waals surface area (Å²) in [4.78, 5) is 11.2. The van der Waals surface area contributed by atoms with E-state index in [1.807, 2.05) is 6.92 Å². The van der Waals surface area contributed by atoms with Crippen LogP contribution in [0.3, 0.4) is 0 Å². The number of rotatable bonds is 6. The van der Waals surface area contributed by atoms with E-state index in [0.717, 1.165) is 31.3 Å². The number of hydrogen-bond acceptors (Lipinski definition) is 2. The molecule has 2 heteroatoms. The summed E-state index contributed by atoms with van der Waals surface area (Å²) >= 11 is 0. The Hall–Kier alpha value is -1.23. The lowest BCUT2D eigenvalue weighted by Gasteiger charge is -2.28. The van der Waals surface area contributed by atoms with Gasteiger partial charge in [0.15, 0.2) is 5.60 Å². The molecule has 0 N–H and O–H groups in total. The third kappa shape index (κ3) is 3.12. The number of carbonyl (C=O) groups excluding carboxylic acids is 1. The molecule has 0 heterocycles. The largest absolute Gasteiger partial charge is 0.446 e. The van der Waals surface area contributed by atoms with E-state index < -0.39 is 5.60 Å². The van der Waals surface area contributed by atoms with Gasteiger partial charge in [0.1, 0.15) is 0 Å². The molecular weight excluding hydrogens is 212 g/mol. The predicted octanol–water partition coefficient (Wildman–Crippen LogP) is 3.32. The van der Waals surface area contributed by atoms with Gasteiger partial charge in [0.2, 0.25) is 0 Å². The summed E-state index contributed by atoms with van der Waals surface area (Å²) in [6.45, 7) is 9.52. The first-order valence-corrected chi connectivity index (χ1v) is 6.29. The minimum Gasteiger partial charge on any atom is -0.446 e. The Kier molecular flexibility index (Phi) is 4.40. The Bertz CT molecular complexity index is 350. The Morgan fingerprint density at radius 3 is 2.59 bits per heavy atom. The SMILES string of the molecule is C#CC(CCCC)(OC(C)=O)[C@H]1C[C@@H]1C(=C)C. The Morgan fingerprint density at radius 2 is 2.24 bits per heavy atom. The summed E-state index contributed by atoms with van der Waals surface area (Å²) in [6.07, 6.45) is 9.43. The number of unbranched alkanes of at least 4 members (excludes halogenated alkanes) is 1. The first-order chi connectivity index (χ1) is 7.96. The van der Waals surface area contributed by atoms with Crippen molar-refractivity contribution in [3.8, 4) is 12.3 Å². The zero-order chi connectivity index (χ0) is 13.1. The second-order valence-electron chi connectivity index (χ2n) is 5.03. The minimum atomic E-state index is -0.703. The number of esters is 1. The highest BCUT2D eigenvalue weighted by molar-refractivity contribution is 5.67. The molecule has 2 nitrogen and oxygen atoms in total. The fraction of sp³-hybridized carbons (Fsp3) is 0.667. The van der Waals surface area contributed by atoms with E-state index >= 15 is 0 Å². The van der Waals surface area contributed by atoms with Gasteiger partial charge in [0.25, 0.3) is 0 Å². The van der Waals surface area contributed by atoms with Gasteiger partial charge in [-0.05, 0) is 32.1 Å². The molecule has 0 amide bonds. The summed E-state index contributed by atoms with van der Waals surface area (Å²) in [6, 6.07) is 0. The molecule has 0 aromatic rings. The average molecular weight is 234 g/mol. The minimum absolute atomic E-state index is 0.264. The molecule has 3 atom stereocenters. The summed E-state index contributed by atoms with van der Waals surface area (Å²) in [5.41, 5.74) is 0.434. The van der Waals surface area contributed by atoms with Crippen LogP contribution in [0.25, 0.3) is 0 Å². The quantitative estimate of drug-likeness (QED) is 0.400. The second-order valence-corrected chi connectivity index (χ2v) is 5.03. The molecule has 0 saturated heterocycles. The first kappa shape index (κ1) is 13.8. The van der Waals surface area contributed by atoms with Gasteiger partial charge in [-0.3, -0.25) is 4.79 Å². The van der Waals surface area contributed by atoms with E-state index in [9.17, 15) is 4.79 Å². The Morgan fingerprint density at radius 1 is 1.59 bits per heavy atom. The molecule has 1 saturated carbocycles. The van der Waals surface area contributed by atoms with E-state index in [2.05, 4.69) is 19.4 Å². The lowest BCUT2D eigenvalue weighted by molar-refractivity contribution is -0.154. The maximum absolute atomic E-state index is 11.2. The van der Waals surface area contributed by atoms with Gasteiger partial charge in [-0.25, -0.2) is 0 Å². The van der Waals surface area contributed by atoms with Crippen molar-refractivity contribution in [2.24, 2.45) is 11.8 Å². The van der Waals surface area contributed by atoms with Crippen LogP contribution in [-0.2, 0) is 9.53 Å². The highest BCUT2D eigenvalue weighted by Crippen LogP contribution is 2.53. The fourth-order valence-electron chi connectivity index (χ4n) is 2.47. The van der Waals surface area contributed by atoms with Gasteiger partial charge in [0, 0.05) is 12.8 Å². The molecule has 1 rings (SSSR count). The van der Waals surface area contributed by atoms with Crippen LogP contribution in [0.15, 0.2) is 12.2 Å². The van der Waals surface area contributed by atoms with Crippen molar-refractivity contribution in [2.75, 3.05) is 0 Å². The van der Waals surface area contributed by atoms with Gasteiger partial charge in [0.05, 0.1) is 0 Å². The third-order valence-corrected chi connectivity index (χ3v) is 3.49. The van der Waals surface area contributed by atoms with E-state index in [-0.39, 0.29) is 11.9 Å². The van der Waals surface area contributed by atoms with Crippen molar-refractivity contribution >= 4 is 5.97 Å². The highest BCUT2D eigenvalue weighted by atomic mass is 16.6. The van der Waals surface area contributed by atoms with Gasteiger partial charge in [-0.2, -0.15) is 0 Å². The van der Waals surface area contributed by atoms with Crippen LogP contribution in [0.5, 0.6) is 0 Å². The topological polar surface area (TPSA) is 26.3 Å². The van der Waals surface area contributed by atoms with Crippen LogP contribution in [0.2, 0.25) is 0 Å². The van der Waals surface area contributed by atoms with Crippen molar-refractivity contribution in [1.29, 1.82) is 0 Å². The number of ether oxygens (including phenoxy) is 1. The molecule has 0 aliphatic heterocycles. The molecular formula is C15H22O2. The molecule has 0 radical (unpaired) electrons. The monoisotopic (exact) mass is 234 g/mol. The first-order valence-electron chi connectivity index (χ1n) is 6.29. The Balaban J connectivity index is 2.82. The highest BCUT2D eigenvalue weighted by Gasteiger charge is 2.54. The van der Waals surface area contributed by atoms with Crippen molar-refractivity contribution in [3.05, 3.63) is 12.2 Å². The van der Waals surface area contributed by atoms with Crippen LogP contribution < -0.4 is 0 Å². The molecule has 1 aliphatic rings. The normalized spacial score (nSPS) is 25.5. The zero-order valence-electron chi connectivity index (χ0n) is 11.1. The van der Waals surface area contributed by atoms with Crippen molar-refractivity contribution in [2.45, 2.75) is 52.1 Å². The molecule has 1 fully saturated rings. The van der Waals surface area contributed by atoms with Crippen LogP contribution in [0.1, 0.15) is 46.5 Å². The maximum atomic E-state index is 11.2. The van der Waals surface area contributed by atoms with Crippen molar-refractivity contribution in [1.82, 2.24) is 0 Å². The molecule has 1 aliphatic carbocycles. The number of hydrogen-bond donors (Lipinski definition) is 0. The molecule has 94 valence electrons. The lowest BCUT2D eigenvalue weighted by atomic mass is 9.89. The van der Waals surface area contributed by atoms with Crippen molar-refractivity contribution < 1.29 is 9.53 Å². The smallest absolute Gasteiger partial charge is 0.304 e. The summed E-state index contributed by atoms with van der Waals surface area (Å²) < 4.78 is 5.48. The number of carbonyl (C=O) groups is 1. The zero-order valence-corrected chi connectivity index (χ0v) is 11.1. The van der Waals surface area contributed by atoms with E-state index in [4.69, 9.17) is 11.2 Å². The van der Waals surface area contributed by atoms with E-state index in [1.165, 1.54) is 6.92 Å². The molecule has 0 aromatic carbocycles. The molecule has 17 heavy (non-hydrogen) atoms. The van der Waals surface area contributed by atoms with Gasteiger partial charge in [-0.1, -0.05) is 31.4 Å². The molecule has 0 spiro atoms. The standard InChI is InChI=1S/C15H22O2/c1-6-8-9-15(7-2,17-12(5)16)14-10-13(14)11(3)4/h2,13-14H,3,6,8-10H2,1,4-5H3/t13-,14+,15?/m1/s1. The van der Waals surface area contributed by atoms with Gasteiger partial charge in [-0.15, -0.1) is 6.42 Å². The summed E-state index contributed by atoms with van der Waals surface area (Å²) in [5.74, 6) is 3.14. The number of terminal acetylenes is 1. The van der Waals surface area contributed by atoms with Gasteiger partial charge < -0.3 is 4.74 Å². The van der Waals surface area contributed by atoms with Crippen LogP contribution in [0, 0.1) is 24.2 Å². The fourth-order valence-corrected chi connectivity index (χ4v) is 2.47. The van der Waals surface area contributed by atoms with Crippen LogP contribution in [-0.4, -0.2) is 11.6 Å². The molecule has 0 bridgehead atoms. The molecule has 1 unspecified atom stereocenters. The predicted molar refractivity (Wildman–Crippen MR) is 69.3 cm³/mol. The maximum Gasteiger partial charge on any atom is 0.304 e. The second kappa shape index (κ2) is 5.40. The Labute approximate surface area is 104 Å². The summed E-state index contributed by atoms with van der Waals surface area (Å²) in [7, 11) is 0.